The average molecular weight is 264 g/mol. The van der Waals surface area contributed by atoms with E-state index in [1.165, 1.54) is 24.9 Å². The molecule has 2 rings (SSSR count). The first-order valence-electron chi connectivity index (χ1n) is 7.32. The zero-order valence-electron chi connectivity index (χ0n) is 12.3. The summed E-state index contributed by atoms with van der Waals surface area (Å²) in [5, 5.41) is 3.13. The van der Waals surface area contributed by atoms with Gasteiger partial charge in [0.25, 0.3) is 0 Å². The Bertz CT molecular complexity index is 427. The normalized spacial score (nSPS) is 18.0. The molecule has 1 fully saturated rings. The van der Waals surface area contributed by atoms with Crippen molar-refractivity contribution in [3.63, 3.8) is 0 Å². The van der Waals surface area contributed by atoms with Gasteiger partial charge in [-0.05, 0) is 55.5 Å². The van der Waals surface area contributed by atoms with Gasteiger partial charge in [0.2, 0.25) is 0 Å². The topological polar surface area (TPSA) is 15.3 Å². The molecule has 1 aromatic carbocycles. The van der Waals surface area contributed by atoms with Gasteiger partial charge in [0.15, 0.2) is 0 Å². The minimum absolute atomic E-state index is 0.148. The lowest BCUT2D eigenvalue weighted by Gasteiger charge is -2.28. The molecule has 0 spiro atoms. The highest BCUT2D eigenvalue weighted by molar-refractivity contribution is 5.55. The molecular formula is C16H25FN2. The van der Waals surface area contributed by atoms with Crippen LogP contribution in [0.2, 0.25) is 0 Å². The van der Waals surface area contributed by atoms with Crippen LogP contribution in [-0.2, 0) is 6.54 Å². The second-order valence-electron chi connectivity index (χ2n) is 5.68. The van der Waals surface area contributed by atoms with Crippen LogP contribution in [0.5, 0.6) is 0 Å². The molecule has 0 radical (unpaired) electrons. The summed E-state index contributed by atoms with van der Waals surface area (Å²) in [6, 6.07) is 5.17. The summed E-state index contributed by atoms with van der Waals surface area (Å²) in [6.07, 6.45) is 3.70. The van der Waals surface area contributed by atoms with E-state index >= 15 is 0 Å². The van der Waals surface area contributed by atoms with Crippen LogP contribution in [0.15, 0.2) is 18.2 Å². The van der Waals surface area contributed by atoms with Gasteiger partial charge >= 0.3 is 0 Å². The lowest BCUT2D eigenvalue weighted by atomic mass is 9.82. The molecule has 19 heavy (non-hydrogen) atoms. The molecule has 1 heterocycles. The Morgan fingerprint density at radius 1 is 1.32 bits per heavy atom. The first-order chi connectivity index (χ1) is 9.14. The minimum Gasteiger partial charge on any atom is -0.371 e. The molecule has 0 aromatic heterocycles. The van der Waals surface area contributed by atoms with Crippen LogP contribution in [0.25, 0.3) is 0 Å². The number of anilines is 1. The van der Waals surface area contributed by atoms with E-state index in [2.05, 4.69) is 24.1 Å². The summed E-state index contributed by atoms with van der Waals surface area (Å²) in [6.45, 7) is 7.47. The Kier molecular flexibility index (Phi) is 4.46. The average Bonchev–Trinajstić information content (AvgIpc) is 2.84. The third kappa shape index (κ3) is 2.92. The predicted molar refractivity (Wildman–Crippen MR) is 79.0 cm³/mol. The molecule has 0 aliphatic carbocycles. The molecule has 0 bridgehead atoms. The second kappa shape index (κ2) is 5.91. The van der Waals surface area contributed by atoms with Crippen molar-refractivity contribution in [3.8, 4) is 0 Å². The predicted octanol–water partition coefficient (Wildman–Crippen LogP) is 3.56. The lowest BCUT2D eigenvalue weighted by molar-refractivity contribution is 0.301. The Morgan fingerprint density at radius 2 is 2.05 bits per heavy atom. The van der Waals surface area contributed by atoms with E-state index in [-0.39, 0.29) is 5.82 Å². The van der Waals surface area contributed by atoms with Crippen LogP contribution in [0.1, 0.15) is 38.7 Å². The van der Waals surface area contributed by atoms with E-state index < -0.39 is 0 Å². The monoisotopic (exact) mass is 264 g/mol. The quantitative estimate of drug-likeness (QED) is 0.874. The van der Waals surface area contributed by atoms with E-state index in [1.807, 2.05) is 13.1 Å². The molecule has 1 aromatic rings. The highest BCUT2D eigenvalue weighted by Gasteiger charge is 2.35. The number of halogens is 1. The molecule has 1 N–H and O–H groups in total. The highest BCUT2D eigenvalue weighted by Crippen LogP contribution is 2.39. The van der Waals surface area contributed by atoms with Crippen LogP contribution in [0, 0.1) is 11.2 Å². The van der Waals surface area contributed by atoms with E-state index in [4.69, 9.17) is 0 Å². The van der Waals surface area contributed by atoms with Crippen LogP contribution in [0.4, 0.5) is 10.1 Å². The van der Waals surface area contributed by atoms with Crippen molar-refractivity contribution in [3.05, 3.63) is 29.6 Å². The van der Waals surface area contributed by atoms with Gasteiger partial charge in [-0.3, -0.25) is 0 Å². The number of nitrogens with one attached hydrogen (secondary N) is 1. The molecule has 1 aliphatic heterocycles. The van der Waals surface area contributed by atoms with Crippen LogP contribution in [-0.4, -0.2) is 20.1 Å². The molecule has 2 nitrogen and oxygen atoms in total. The number of benzene rings is 1. The van der Waals surface area contributed by atoms with Crippen molar-refractivity contribution in [2.45, 2.75) is 39.7 Å². The van der Waals surface area contributed by atoms with Crippen LogP contribution < -0.4 is 10.2 Å². The molecular weight excluding hydrogens is 239 g/mol. The smallest absolute Gasteiger partial charge is 0.123 e. The Morgan fingerprint density at radius 3 is 2.63 bits per heavy atom. The third-order valence-electron chi connectivity index (χ3n) is 4.69. The number of hydrogen-bond acceptors (Lipinski definition) is 2. The molecule has 0 unspecified atom stereocenters. The standard InChI is InChI=1S/C16H25FN2/c1-4-16(5-2)8-9-19(12-16)15-7-6-14(17)10-13(15)11-18-3/h6-7,10,18H,4-5,8-9,11-12H2,1-3H3. The maximum Gasteiger partial charge on any atom is 0.123 e. The molecule has 0 atom stereocenters. The first-order valence-corrected chi connectivity index (χ1v) is 7.32. The van der Waals surface area contributed by atoms with Crippen molar-refractivity contribution in [2.24, 2.45) is 5.41 Å². The largest absolute Gasteiger partial charge is 0.371 e. The maximum atomic E-state index is 13.4. The lowest BCUT2D eigenvalue weighted by Crippen LogP contribution is -2.27. The van der Waals surface area contributed by atoms with Gasteiger partial charge < -0.3 is 10.2 Å². The SMILES string of the molecule is CCC1(CC)CCN(c2ccc(F)cc2CNC)C1. The number of hydrogen-bond donors (Lipinski definition) is 1. The Balaban J connectivity index is 2.23. The summed E-state index contributed by atoms with van der Waals surface area (Å²) >= 11 is 0. The molecule has 0 saturated carbocycles. The number of rotatable bonds is 5. The first kappa shape index (κ1) is 14.3. The fourth-order valence-electron chi connectivity index (χ4n) is 3.16. The van der Waals surface area contributed by atoms with E-state index in [0.717, 1.165) is 25.2 Å². The van der Waals surface area contributed by atoms with Gasteiger partial charge in [-0.15, -0.1) is 0 Å². The van der Waals surface area contributed by atoms with Crippen molar-refractivity contribution in [2.75, 3.05) is 25.0 Å². The highest BCUT2D eigenvalue weighted by atomic mass is 19.1. The summed E-state index contributed by atoms with van der Waals surface area (Å²) in [4.78, 5) is 2.43. The minimum atomic E-state index is -0.148. The molecule has 1 saturated heterocycles. The molecule has 0 amide bonds. The Labute approximate surface area is 116 Å². The zero-order valence-corrected chi connectivity index (χ0v) is 12.3. The Hall–Kier alpha value is -1.09. The van der Waals surface area contributed by atoms with Crippen molar-refractivity contribution < 1.29 is 4.39 Å². The molecule has 3 heteroatoms. The van der Waals surface area contributed by atoms with Crippen molar-refractivity contribution in [1.29, 1.82) is 0 Å². The van der Waals surface area contributed by atoms with Gasteiger partial charge in [-0.25, -0.2) is 4.39 Å². The zero-order chi connectivity index (χ0) is 13.9. The van der Waals surface area contributed by atoms with E-state index in [1.54, 1.807) is 12.1 Å². The summed E-state index contributed by atoms with van der Waals surface area (Å²) in [5.41, 5.74) is 2.70. The van der Waals surface area contributed by atoms with Gasteiger partial charge in [-0.1, -0.05) is 13.8 Å². The summed E-state index contributed by atoms with van der Waals surface area (Å²) in [5.74, 6) is -0.148. The third-order valence-corrected chi connectivity index (χ3v) is 4.69. The van der Waals surface area contributed by atoms with Gasteiger partial charge in [0.1, 0.15) is 5.82 Å². The van der Waals surface area contributed by atoms with Crippen LogP contribution >= 0.6 is 0 Å². The van der Waals surface area contributed by atoms with E-state index in [0.29, 0.717) is 5.41 Å². The molecule has 1 aliphatic rings. The van der Waals surface area contributed by atoms with Gasteiger partial charge in [0.05, 0.1) is 0 Å². The number of nitrogens with zero attached hydrogens (tertiary/aromatic N) is 1. The maximum absolute atomic E-state index is 13.4. The summed E-state index contributed by atoms with van der Waals surface area (Å²) < 4.78 is 13.4. The fourth-order valence-corrected chi connectivity index (χ4v) is 3.16. The van der Waals surface area contributed by atoms with Crippen molar-refractivity contribution >= 4 is 5.69 Å². The summed E-state index contributed by atoms with van der Waals surface area (Å²) in [7, 11) is 1.90. The van der Waals surface area contributed by atoms with E-state index in [9.17, 15) is 4.39 Å². The van der Waals surface area contributed by atoms with Gasteiger partial charge in [-0.2, -0.15) is 0 Å². The second-order valence-corrected chi connectivity index (χ2v) is 5.68. The van der Waals surface area contributed by atoms with Gasteiger partial charge in [0, 0.05) is 25.3 Å². The fraction of sp³-hybridized carbons (Fsp3) is 0.625. The van der Waals surface area contributed by atoms with Crippen LogP contribution in [0.3, 0.4) is 0 Å². The van der Waals surface area contributed by atoms with Crippen molar-refractivity contribution in [1.82, 2.24) is 5.32 Å². The molecule has 106 valence electrons.